The first kappa shape index (κ1) is 14.2. The van der Waals surface area contributed by atoms with E-state index >= 15 is 0 Å². The number of hydrogen-bond donors (Lipinski definition) is 2. The summed E-state index contributed by atoms with van der Waals surface area (Å²) in [6.07, 6.45) is -3.71. The van der Waals surface area contributed by atoms with Crippen LogP contribution in [0.5, 0.6) is 0 Å². The van der Waals surface area contributed by atoms with Crippen molar-refractivity contribution in [2.45, 2.75) is 19.5 Å². The van der Waals surface area contributed by atoms with Crippen molar-refractivity contribution in [2.75, 3.05) is 11.1 Å². The molecule has 0 amide bonds. The van der Waals surface area contributed by atoms with Gasteiger partial charge in [-0.3, -0.25) is 4.68 Å². The Kier molecular flexibility index (Phi) is 3.61. The first-order valence-electron chi connectivity index (χ1n) is 6.08. The Hall–Kier alpha value is -2.18. The van der Waals surface area contributed by atoms with Crippen molar-refractivity contribution in [1.82, 2.24) is 9.78 Å². The highest BCUT2D eigenvalue weighted by atomic mass is 19.4. The summed E-state index contributed by atoms with van der Waals surface area (Å²) in [6.45, 7) is 1.91. The minimum Gasteiger partial charge on any atom is -0.394 e. The minimum atomic E-state index is -4.37. The molecule has 1 heterocycles. The predicted octanol–water partition coefficient (Wildman–Crippen LogP) is 3.33. The number of nitrogens with zero attached hydrogens (tertiary/aromatic N) is 2. The highest BCUT2D eigenvalue weighted by Gasteiger charge is 2.30. The quantitative estimate of drug-likeness (QED) is 0.909. The van der Waals surface area contributed by atoms with Crippen LogP contribution in [-0.2, 0) is 19.6 Å². The molecule has 4 nitrogen and oxygen atoms in total. The number of nitrogens with one attached hydrogen (secondary N) is 1. The summed E-state index contributed by atoms with van der Waals surface area (Å²) in [7, 11) is 1.69. The lowest BCUT2D eigenvalue weighted by atomic mass is 10.2. The molecule has 0 fully saturated rings. The molecule has 0 unspecified atom stereocenters. The van der Waals surface area contributed by atoms with Gasteiger partial charge in [-0.05, 0) is 24.6 Å². The molecule has 0 bridgehead atoms. The summed E-state index contributed by atoms with van der Waals surface area (Å²) in [5.74, 6) is 0.487. The average molecular weight is 284 g/mol. The third-order valence-corrected chi connectivity index (χ3v) is 2.95. The Morgan fingerprint density at radius 3 is 2.60 bits per heavy atom. The Balaban J connectivity index is 2.33. The maximum Gasteiger partial charge on any atom is 0.416 e. The van der Waals surface area contributed by atoms with Crippen LogP contribution in [0, 0.1) is 0 Å². The summed E-state index contributed by atoms with van der Waals surface area (Å²) < 4.78 is 39.5. The topological polar surface area (TPSA) is 55.9 Å². The number of hydrogen-bond acceptors (Lipinski definition) is 3. The molecule has 2 aromatic rings. The van der Waals surface area contributed by atoms with Crippen molar-refractivity contribution >= 4 is 17.2 Å². The normalized spacial score (nSPS) is 11.7. The van der Waals surface area contributed by atoms with E-state index in [9.17, 15) is 13.2 Å². The molecule has 1 aromatic heterocycles. The maximum atomic E-state index is 12.7. The van der Waals surface area contributed by atoms with Crippen LogP contribution in [0.2, 0.25) is 0 Å². The van der Waals surface area contributed by atoms with E-state index in [1.807, 2.05) is 6.92 Å². The van der Waals surface area contributed by atoms with Crippen LogP contribution in [0.15, 0.2) is 24.3 Å². The number of aromatic nitrogens is 2. The molecule has 0 aliphatic carbocycles. The number of aryl methyl sites for hydroxylation is 2. The van der Waals surface area contributed by atoms with E-state index in [-0.39, 0.29) is 0 Å². The summed E-state index contributed by atoms with van der Waals surface area (Å²) in [5, 5.41) is 7.09. The van der Waals surface area contributed by atoms with Crippen LogP contribution < -0.4 is 11.1 Å². The number of nitrogens with two attached hydrogens (primary N) is 1. The molecule has 1 aromatic carbocycles. The first-order valence-corrected chi connectivity index (χ1v) is 6.08. The third kappa shape index (κ3) is 2.71. The van der Waals surface area contributed by atoms with Gasteiger partial charge in [0.25, 0.3) is 0 Å². The second-order valence-corrected chi connectivity index (χ2v) is 4.39. The fourth-order valence-corrected chi connectivity index (χ4v) is 1.92. The number of anilines is 3. The fourth-order valence-electron chi connectivity index (χ4n) is 1.92. The lowest BCUT2D eigenvalue weighted by Crippen LogP contribution is -2.06. The molecule has 0 atom stereocenters. The van der Waals surface area contributed by atoms with Crippen LogP contribution in [-0.4, -0.2) is 9.78 Å². The molecule has 2 rings (SSSR count). The highest BCUT2D eigenvalue weighted by Crippen LogP contribution is 2.32. The minimum absolute atomic E-state index is 0.317. The van der Waals surface area contributed by atoms with Gasteiger partial charge >= 0.3 is 6.18 Å². The van der Waals surface area contributed by atoms with Gasteiger partial charge in [0.05, 0.1) is 16.9 Å². The SMILES string of the molecule is CCc1nn(C)c(Nc2cccc(C(F)(F)F)c2)c1N. The molecule has 0 aliphatic heterocycles. The summed E-state index contributed by atoms with van der Waals surface area (Å²) in [5.41, 5.74) is 6.69. The van der Waals surface area contributed by atoms with E-state index < -0.39 is 11.7 Å². The van der Waals surface area contributed by atoms with Crippen molar-refractivity contribution in [2.24, 2.45) is 7.05 Å². The van der Waals surface area contributed by atoms with Crippen molar-refractivity contribution in [3.8, 4) is 0 Å². The zero-order valence-electron chi connectivity index (χ0n) is 11.1. The maximum absolute atomic E-state index is 12.7. The van der Waals surface area contributed by atoms with Crippen molar-refractivity contribution in [3.05, 3.63) is 35.5 Å². The second-order valence-electron chi connectivity index (χ2n) is 4.39. The van der Waals surface area contributed by atoms with Gasteiger partial charge in [-0.15, -0.1) is 0 Å². The van der Waals surface area contributed by atoms with Gasteiger partial charge in [-0.2, -0.15) is 18.3 Å². The smallest absolute Gasteiger partial charge is 0.394 e. The second kappa shape index (κ2) is 5.07. The zero-order valence-corrected chi connectivity index (χ0v) is 11.1. The summed E-state index contributed by atoms with van der Waals surface area (Å²) in [4.78, 5) is 0. The van der Waals surface area contributed by atoms with E-state index in [0.29, 0.717) is 29.3 Å². The van der Waals surface area contributed by atoms with E-state index in [0.717, 1.165) is 12.1 Å². The fraction of sp³-hybridized carbons (Fsp3) is 0.308. The van der Waals surface area contributed by atoms with Crippen molar-refractivity contribution in [3.63, 3.8) is 0 Å². The Morgan fingerprint density at radius 2 is 2.05 bits per heavy atom. The standard InChI is InChI=1S/C13H15F3N4/c1-3-10-11(17)12(20(2)19-10)18-9-6-4-5-8(7-9)13(14,15)16/h4-7,18H,3,17H2,1-2H3. The van der Waals surface area contributed by atoms with Crippen LogP contribution >= 0.6 is 0 Å². The number of benzene rings is 1. The van der Waals surface area contributed by atoms with Crippen LogP contribution in [0.25, 0.3) is 0 Å². The number of halogens is 3. The van der Waals surface area contributed by atoms with E-state index in [2.05, 4.69) is 10.4 Å². The predicted molar refractivity (Wildman–Crippen MR) is 71.7 cm³/mol. The monoisotopic (exact) mass is 284 g/mol. The third-order valence-electron chi connectivity index (χ3n) is 2.95. The Morgan fingerprint density at radius 1 is 1.35 bits per heavy atom. The Bertz CT molecular complexity index is 617. The molecule has 7 heteroatoms. The molecule has 0 saturated heterocycles. The zero-order chi connectivity index (χ0) is 14.9. The largest absolute Gasteiger partial charge is 0.416 e. The van der Waals surface area contributed by atoms with Gasteiger partial charge in [0.15, 0.2) is 5.82 Å². The van der Waals surface area contributed by atoms with Crippen molar-refractivity contribution in [1.29, 1.82) is 0 Å². The lowest BCUT2D eigenvalue weighted by Gasteiger charge is -2.11. The lowest BCUT2D eigenvalue weighted by molar-refractivity contribution is -0.137. The molecule has 0 aliphatic rings. The van der Waals surface area contributed by atoms with Gasteiger partial charge in [0, 0.05) is 12.7 Å². The highest BCUT2D eigenvalue weighted by molar-refractivity contribution is 5.71. The molecular formula is C13H15F3N4. The molecule has 3 N–H and O–H groups in total. The average Bonchev–Trinajstić information content (AvgIpc) is 2.65. The number of rotatable bonds is 3. The number of nitrogen functional groups attached to an aromatic ring is 1. The van der Waals surface area contributed by atoms with Gasteiger partial charge < -0.3 is 11.1 Å². The van der Waals surface area contributed by atoms with Gasteiger partial charge in [-0.25, -0.2) is 0 Å². The molecule has 20 heavy (non-hydrogen) atoms. The first-order chi connectivity index (χ1) is 9.32. The van der Waals surface area contributed by atoms with Gasteiger partial charge in [-0.1, -0.05) is 13.0 Å². The molecule has 0 spiro atoms. The van der Waals surface area contributed by atoms with Gasteiger partial charge in [0.1, 0.15) is 0 Å². The molecule has 0 radical (unpaired) electrons. The van der Waals surface area contributed by atoms with E-state index in [1.165, 1.54) is 10.7 Å². The molecule has 108 valence electrons. The van der Waals surface area contributed by atoms with E-state index in [1.54, 1.807) is 13.1 Å². The van der Waals surface area contributed by atoms with Gasteiger partial charge in [0.2, 0.25) is 0 Å². The molecule has 0 saturated carbocycles. The Labute approximate surface area is 114 Å². The van der Waals surface area contributed by atoms with Crippen LogP contribution in [0.4, 0.5) is 30.4 Å². The van der Waals surface area contributed by atoms with Crippen molar-refractivity contribution < 1.29 is 13.2 Å². The van der Waals surface area contributed by atoms with Crippen LogP contribution in [0.1, 0.15) is 18.2 Å². The summed E-state index contributed by atoms with van der Waals surface area (Å²) >= 11 is 0. The van der Waals surface area contributed by atoms with E-state index in [4.69, 9.17) is 5.73 Å². The van der Waals surface area contributed by atoms with Crippen LogP contribution in [0.3, 0.4) is 0 Å². The summed E-state index contributed by atoms with van der Waals surface area (Å²) in [6, 6.07) is 4.96. The number of alkyl halides is 3. The molecular weight excluding hydrogens is 269 g/mol.